The number of likely N-dealkylation sites (tertiary alicyclic amines) is 2. The Bertz CT molecular complexity index is 1020. The van der Waals surface area contributed by atoms with E-state index in [4.69, 9.17) is 9.47 Å². The Balaban J connectivity index is 0.911. The van der Waals surface area contributed by atoms with Crippen LogP contribution in [0, 0.1) is 0 Å². The molecule has 204 valence electrons. The molecule has 0 bridgehead atoms. The van der Waals surface area contributed by atoms with E-state index in [1.807, 2.05) is 0 Å². The number of nitrogens with zero attached hydrogens (tertiary/aromatic N) is 3. The van der Waals surface area contributed by atoms with Gasteiger partial charge in [-0.1, -0.05) is 61.4 Å². The molecule has 38 heavy (non-hydrogen) atoms. The van der Waals surface area contributed by atoms with Gasteiger partial charge in [0.1, 0.15) is 0 Å². The van der Waals surface area contributed by atoms with Crippen molar-refractivity contribution in [1.82, 2.24) is 14.7 Å². The number of hydrogen-bond donors (Lipinski definition) is 0. The van der Waals surface area contributed by atoms with Gasteiger partial charge in [0.25, 0.3) is 0 Å². The van der Waals surface area contributed by atoms with Crippen LogP contribution < -0.4 is 0 Å². The highest BCUT2D eigenvalue weighted by molar-refractivity contribution is 5.36. The number of piperidine rings is 2. The Morgan fingerprint density at radius 1 is 0.658 bits per heavy atom. The lowest BCUT2D eigenvalue weighted by molar-refractivity contribution is -0.0812. The van der Waals surface area contributed by atoms with Gasteiger partial charge < -0.3 is 19.3 Å². The number of ether oxygens (including phenoxy) is 2. The predicted molar refractivity (Wildman–Crippen MR) is 151 cm³/mol. The molecule has 2 spiro atoms. The van der Waals surface area contributed by atoms with Crippen molar-refractivity contribution in [2.24, 2.45) is 0 Å². The second kappa shape index (κ2) is 10.7. The molecule has 2 saturated heterocycles. The first-order valence-corrected chi connectivity index (χ1v) is 15.4. The van der Waals surface area contributed by atoms with E-state index in [1.165, 1.54) is 74.1 Å². The average Bonchev–Trinajstić information content (AvgIpc) is 3.71. The maximum Gasteiger partial charge on any atom is 0.0963 e. The third kappa shape index (κ3) is 4.75. The highest BCUT2D eigenvalue weighted by atomic mass is 16.5. The Labute approximate surface area is 229 Å². The summed E-state index contributed by atoms with van der Waals surface area (Å²) in [7, 11) is 0. The number of rotatable bonds is 7. The summed E-state index contributed by atoms with van der Waals surface area (Å²) in [6.45, 7) is 11.0. The van der Waals surface area contributed by atoms with Gasteiger partial charge >= 0.3 is 0 Å². The zero-order chi connectivity index (χ0) is 25.4. The normalized spacial score (nSPS) is 25.0. The molecular weight excluding hydrogens is 470 g/mol. The van der Waals surface area contributed by atoms with Crippen molar-refractivity contribution in [3.8, 4) is 0 Å². The molecule has 7 rings (SSSR count). The van der Waals surface area contributed by atoms with E-state index >= 15 is 0 Å². The predicted octanol–water partition coefficient (Wildman–Crippen LogP) is 5.27. The molecule has 4 aliphatic heterocycles. The van der Waals surface area contributed by atoms with Crippen LogP contribution in [0.5, 0.6) is 0 Å². The van der Waals surface area contributed by atoms with Gasteiger partial charge in [-0.25, -0.2) is 0 Å². The molecule has 5 nitrogen and oxygen atoms in total. The zero-order valence-corrected chi connectivity index (χ0v) is 23.1. The molecule has 0 N–H and O–H groups in total. The maximum atomic E-state index is 6.42. The minimum Gasteiger partial charge on any atom is -0.365 e. The smallest absolute Gasteiger partial charge is 0.0963 e. The van der Waals surface area contributed by atoms with Gasteiger partial charge in [-0.3, -0.25) is 4.90 Å². The second-order valence-electron chi connectivity index (χ2n) is 12.5. The molecule has 2 aromatic carbocycles. The Morgan fingerprint density at radius 3 is 1.58 bits per heavy atom. The molecule has 1 saturated carbocycles. The first-order valence-electron chi connectivity index (χ1n) is 15.4. The number of fused-ring (bicyclic) bond motifs is 4. The van der Waals surface area contributed by atoms with Crippen molar-refractivity contribution >= 4 is 0 Å². The standard InChI is InChI=1S/C33H45N3O2/c1-5-11-30-27(7-1)25-37-32(30)13-17-34(18-14-32)21-23-36(29-9-3-4-10-29)24-22-35-19-15-33(16-20-35)31-12-6-2-8-28(31)26-38-33/h1-2,5-8,11-12,29H,3-4,9-10,13-26H2. The van der Waals surface area contributed by atoms with Gasteiger partial charge in [-0.2, -0.15) is 0 Å². The summed E-state index contributed by atoms with van der Waals surface area (Å²) in [4.78, 5) is 8.26. The summed E-state index contributed by atoms with van der Waals surface area (Å²) in [5.74, 6) is 0. The van der Waals surface area contributed by atoms with E-state index in [0.29, 0.717) is 0 Å². The SMILES string of the molecule is c1ccc2c(c1)COC21CCN(CCN(CCN2CCC3(CC2)OCc2ccccc23)C2CCCC2)CC1. The van der Waals surface area contributed by atoms with E-state index in [-0.39, 0.29) is 11.2 Å². The lowest BCUT2D eigenvalue weighted by Gasteiger charge is -2.41. The van der Waals surface area contributed by atoms with Crippen LogP contribution in [-0.4, -0.2) is 73.1 Å². The van der Waals surface area contributed by atoms with Crippen molar-refractivity contribution in [3.05, 3.63) is 70.8 Å². The van der Waals surface area contributed by atoms with Crippen LogP contribution in [0.2, 0.25) is 0 Å². The minimum absolute atomic E-state index is 0.0204. The molecule has 0 aromatic heterocycles. The van der Waals surface area contributed by atoms with E-state index in [1.54, 1.807) is 0 Å². The van der Waals surface area contributed by atoms with Crippen LogP contribution in [0.3, 0.4) is 0 Å². The lowest BCUT2D eigenvalue weighted by Crippen LogP contribution is -2.49. The molecule has 0 amide bonds. The maximum absolute atomic E-state index is 6.42. The summed E-state index contributed by atoms with van der Waals surface area (Å²) < 4.78 is 12.8. The van der Waals surface area contributed by atoms with Gasteiger partial charge in [0, 0.05) is 58.4 Å². The van der Waals surface area contributed by atoms with Gasteiger partial charge in [0.2, 0.25) is 0 Å². The van der Waals surface area contributed by atoms with Crippen molar-refractivity contribution in [1.29, 1.82) is 0 Å². The third-order valence-electron chi connectivity index (χ3n) is 10.6. The minimum atomic E-state index is -0.0204. The van der Waals surface area contributed by atoms with Gasteiger partial charge in [0.05, 0.1) is 24.4 Å². The summed E-state index contributed by atoms with van der Waals surface area (Å²) in [6.07, 6.45) is 10.1. The molecule has 0 atom stereocenters. The second-order valence-corrected chi connectivity index (χ2v) is 12.5. The Morgan fingerprint density at radius 2 is 1.11 bits per heavy atom. The van der Waals surface area contributed by atoms with Crippen molar-refractivity contribution in [3.63, 3.8) is 0 Å². The quantitative estimate of drug-likeness (QED) is 0.501. The van der Waals surface area contributed by atoms with Gasteiger partial charge in [-0.15, -0.1) is 0 Å². The van der Waals surface area contributed by atoms with E-state index in [9.17, 15) is 0 Å². The molecule has 4 heterocycles. The molecule has 1 aliphatic carbocycles. The lowest BCUT2D eigenvalue weighted by atomic mass is 9.84. The molecule has 3 fully saturated rings. The van der Waals surface area contributed by atoms with Crippen LogP contribution in [0.15, 0.2) is 48.5 Å². The number of benzene rings is 2. The average molecular weight is 516 g/mol. The third-order valence-corrected chi connectivity index (χ3v) is 10.6. The van der Waals surface area contributed by atoms with Crippen LogP contribution in [-0.2, 0) is 33.9 Å². The fourth-order valence-corrected chi connectivity index (χ4v) is 8.16. The Kier molecular flexibility index (Phi) is 7.08. The van der Waals surface area contributed by atoms with Crippen molar-refractivity contribution < 1.29 is 9.47 Å². The summed E-state index contributed by atoms with van der Waals surface area (Å²) in [6, 6.07) is 18.6. The largest absolute Gasteiger partial charge is 0.365 e. The zero-order valence-electron chi connectivity index (χ0n) is 23.1. The molecule has 5 heteroatoms. The fraction of sp³-hybridized carbons (Fsp3) is 0.636. The van der Waals surface area contributed by atoms with E-state index in [0.717, 1.165) is 71.1 Å². The van der Waals surface area contributed by atoms with Crippen LogP contribution in [0.1, 0.15) is 73.6 Å². The summed E-state index contributed by atoms with van der Waals surface area (Å²) in [5.41, 5.74) is 5.69. The summed E-state index contributed by atoms with van der Waals surface area (Å²) in [5, 5.41) is 0. The first kappa shape index (κ1) is 25.2. The topological polar surface area (TPSA) is 28.2 Å². The van der Waals surface area contributed by atoms with Gasteiger partial charge in [0.15, 0.2) is 0 Å². The van der Waals surface area contributed by atoms with Crippen LogP contribution in [0.25, 0.3) is 0 Å². The molecule has 5 aliphatic rings. The highest BCUT2D eigenvalue weighted by Crippen LogP contribution is 2.45. The highest BCUT2D eigenvalue weighted by Gasteiger charge is 2.43. The van der Waals surface area contributed by atoms with E-state index < -0.39 is 0 Å². The van der Waals surface area contributed by atoms with Crippen LogP contribution >= 0.6 is 0 Å². The molecule has 0 radical (unpaired) electrons. The summed E-state index contributed by atoms with van der Waals surface area (Å²) >= 11 is 0. The van der Waals surface area contributed by atoms with Crippen LogP contribution in [0.4, 0.5) is 0 Å². The van der Waals surface area contributed by atoms with Gasteiger partial charge in [-0.05, 0) is 60.8 Å². The first-order chi connectivity index (χ1) is 18.7. The fourth-order valence-electron chi connectivity index (χ4n) is 8.16. The number of hydrogen-bond acceptors (Lipinski definition) is 5. The molecular formula is C33H45N3O2. The van der Waals surface area contributed by atoms with Crippen molar-refractivity contribution in [2.45, 2.75) is 81.8 Å². The van der Waals surface area contributed by atoms with E-state index in [2.05, 4.69) is 63.2 Å². The Hall–Kier alpha value is -1.76. The molecule has 0 unspecified atom stereocenters. The monoisotopic (exact) mass is 515 g/mol. The molecule has 2 aromatic rings. The van der Waals surface area contributed by atoms with Crippen molar-refractivity contribution in [2.75, 3.05) is 52.4 Å².